The monoisotopic (exact) mass is 266 g/mol. The summed E-state index contributed by atoms with van der Waals surface area (Å²) in [7, 11) is 3.44. The lowest BCUT2D eigenvalue weighted by molar-refractivity contribution is -0.140. The van der Waals surface area contributed by atoms with Crippen LogP contribution in [0.25, 0.3) is 0 Å². The molecule has 1 fully saturated rings. The molecule has 0 saturated carbocycles. The van der Waals surface area contributed by atoms with E-state index < -0.39 is 0 Å². The first kappa shape index (κ1) is 13.3. The Morgan fingerprint density at radius 1 is 1.40 bits per heavy atom. The molecule has 0 aromatic heterocycles. The van der Waals surface area contributed by atoms with E-state index in [2.05, 4.69) is 0 Å². The van der Waals surface area contributed by atoms with Gasteiger partial charge in [-0.05, 0) is 6.92 Å². The van der Waals surface area contributed by atoms with Crippen molar-refractivity contribution in [1.82, 2.24) is 0 Å². The number of rotatable bonds is 4. The third-order valence-corrected chi connectivity index (χ3v) is 5.98. The van der Waals surface area contributed by atoms with E-state index in [-0.39, 0.29) is 22.3 Å². The Kier molecular flexibility index (Phi) is 5.35. The highest BCUT2D eigenvalue weighted by Gasteiger charge is 2.37. The normalized spacial score (nSPS) is 18.8. The van der Waals surface area contributed by atoms with Gasteiger partial charge in [0.2, 0.25) is 0 Å². The van der Waals surface area contributed by atoms with Crippen LogP contribution in [0.3, 0.4) is 0 Å². The van der Waals surface area contributed by atoms with Crippen molar-refractivity contribution in [3.05, 3.63) is 0 Å². The summed E-state index contributed by atoms with van der Waals surface area (Å²) in [6.45, 7) is 4.09. The molecule has 15 heavy (non-hydrogen) atoms. The highest BCUT2D eigenvalue weighted by atomic mass is 33.1. The van der Waals surface area contributed by atoms with Crippen LogP contribution in [0.4, 0.5) is 0 Å². The molecule has 0 aromatic rings. The van der Waals surface area contributed by atoms with E-state index in [0.29, 0.717) is 6.61 Å². The summed E-state index contributed by atoms with van der Waals surface area (Å²) in [5.41, 5.74) is -0.271. The second-order valence-electron chi connectivity index (χ2n) is 3.47. The van der Waals surface area contributed by atoms with Gasteiger partial charge in [-0.15, -0.1) is 0 Å². The third-order valence-electron chi connectivity index (χ3n) is 1.96. The molecule has 1 aliphatic rings. The fraction of sp³-hybridized carbons (Fsp3) is 0.778. The smallest absolute Gasteiger partial charge is 0.316 e. The van der Waals surface area contributed by atoms with E-state index in [1.165, 1.54) is 0 Å². The average Bonchev–Trinajstić information content (AvgIpc) is 2.63. The van der Waals surface area contributed by atoms with E-state index in [1.807, 2.05) is 6.92 Å². The van der Waals surface area contributed by atoms with Crippen LogP contribution in [0.15, 0.2) is 0 Å². The molecule has 0 spiro atoms. The maximum absolute atomic E-state index is 11.8. The van der Waals surface area contributed by atoms with Gasteiger partial charge in [0.05, 0.1) is 17.8 Å². The fourth-order valence-corrected chi connectivity index (χ4v) is 5.36. The largest absolute Gasteiger partial charge is 0.465 e. The Morgan fingerprint density at radius 2 is 2.00 bits per heavy atom. The van der Waals surface area contributed by atoms with Crippen molar-refractivity contribution in [2.45, 2.75) is 13.8 Å². The lowest BCUT2D eigenvalue weighted by Crippen LogP contribution is -2.28. The highest BCUT2D eigenvalue weighted by Crippen LogP contribution is 2.45. The predicted octanol–water partition coefficient (Wildman–Crippen LogP) is 2.21. The van der Waals surface area contributed by atoms with Gasteiger partial charge in [-0.25, -0.2) is 0 Å². The first-order valence-electron chi connectivity index (χ1n) is 4.66. The Morgan fingerprint density at radius 3 is 2.53 bits per heavy atom. The molecule has 0 atom stereocenters. The molecule has 0 amide bonds. The van der Waals surface area contributed by atoms with Gasteiger partial charge in [-0.3, -0.25) is 9.59 Å². The zero-order chi connectivity index (χ0) is 11.3. The lowest BCUT2D eigenvalue weighted by atomic mass is 9.98. The number of hydrogen-bond donors (Lipinski definition) is 0. The summed E-state index contributed by atoms with van der Waals surface area (Å²) < 4.78 is 4.77. The Hall–Kier alpha value is 0.190. The van der Waals surface area contributed by atoms with Gasteiger partial charge < -0.3 is 4.74 Å². The molecule has 1 aliphatic heterocycles. The van der Waals surface area contributed by atoms with Crippen LogP contribution in [-0.2, 0) is 14.3 Å². The summed E-state index contributed by atoms with van der Waals surface area (Å²) in [5.74, 6) is 1.51. The number of carbonyl (C=O) groups is 2. The van der Waals surface area contributed by atoms with Crippen LogP contribution in [0.5, 0.6) is 0 Å². The van der Waals surface area contributed by atoms with Crippen molar-refractivity contribution in [2.24, 2.45) is 5.41 Å². The second-order valence-corrected chi connectivity index (χ2v) is 6.88. The molecule has 1 saturated heterocycles. The lowest BCUT2D eigenvalue weighted by Gasteiger charge is -2.18. The average molecular weight is 266 g/mol. The zero-order valence-corrected chi connectivity index (χ0v) is 11.2. The van der Waals surface area contributed by atoms with Crippen LogP contribution >= 0.6 is 33.3 Å². The minimum Gasteiger partial charge on any atom is -0.465 e. The second kappa shape index (κ2) is 6.06. The summed E-state index contributed by atoms with van der Waals surface area (Å²) in [5, 5.41) is 0.105. The summed E-state index contributed by atoms with van der Waals surface area (Å²) in [6, 6.07) is 0. The van der Waals surface area contributed by atoms with E-state index in [4.69, 9.17) is 4.74 Å². The molecule has 0 N–H and O–H groups in total. The molecule has 6 heteroatoms. The quantitative estimate of drug-likeness (QED) is 0.574. The molecular weight excluding hydrogens is 252 g/mol. The van der Waals surface area contributed by atoms with Crippen LogP contribution in [-0.4, -0.2) is 35.0 Å². The molecule has 0 aliphatic carbocycles. The maximum atomic E-state index is 11.8. The molecule has 0 unspecified atom stereocenters. The first-order valence-corrected chi connectivity index (χ1v) is 8.13. The molecule has 0 aromatic carbocycles. The number of ether oxygens (including phenoxy) is 1. The van der Waals surface area contributed by atoms with Gasteiger partial charge in [0.1, 0.15) is 0 Å². The van der Waals surface area contributed by atoms with E-state index in [9.17, 15) is 9.59 Å². The fourth-order valence-electron chi connectivity index (χ4n) is 1.00. The number of hydrogen-bond acceptors (Lipinski definition) is 6. The summed E-state index contributed by atoms with van der Waals surface area (Å²) in [6.07, 6.45) is 0. The van der Waals surface area contributed by atoms with Gasteiger partial charge in [0, 0.05) is 11.5 Å². The van der Waals surface area contributed by atoms with Gasteiger partial charge in [0.15, 0.2) is 5.12 Å². The van der Waals surface area contributed by atoms with Crippen LogP contribution in [0.1, 0.15) is 13.8 Å². The maximum Gasteiger partial charge on any atom is 0.316 e. The van der Waals surface area contributed by atoms with E-state index in [0.717, 1.165) is 23.3 Å². The molecule has 86 valence electrons. The zero-order valence-electron chi connectivity index (χ0n) is 8.78. The van der Waals surface area contributed by atoms with Crippen LogP contribution in [0, 0.1) is 5.41 Å². The molecule has 1 rings (SSSR count). The Labute approximate surface area is 102 Å². The molecule has 0 bridgehead atoms. The van der Waals surface area contributed by atoms with Crippen LogP contribution < -0.4 is 0 Å². The Bertz CT molecular complexity index is 249. The van der Waals surface area contributed by atoms with Crippen molar-refractivity contribution in [3.63, 3.8) is 0 Å². The van der Waals surface area contributed by atoms with E-state index in [1.54, 1.807) is 28.5 Å². The van der Waals surface area contributed by atoms with Crippen molar-refractivity contribution in [1.29, 1.82) is 0 Å². The van der Waals surface area contributed by atoms with Gasteiger partial charge >= 0.3 is 5.97 Å². The standard InChI is InChI=1S/C9H14O3S3/c1-3-12-7(10)4-13-8(11)9(2)5-14-15-6-9/h3-6H2,1-2H3. The topological polar surface area (TPSA) is 43.4 Å². The highest BCUT2D eigenvalue weighted by molar-refractivity contribution is 8.77. The minimum absolute atomic E-state index is 0.105. The summed E-state index contributed by atoms with van der Waals surface area (Å²) in [4.78, 5) is 22.9. The van der Waals surface area contributed by atoms with Crippen molar-refractivity contribution < 1.29 is 14.3 Å². The first-order chi connectivity index (χ1) is 7.08. The molecule has 3 nitrogen and oxygen atoms in total. The third kappa shape index (κ3) is 3.92. The molecule has 1 heterocycles. The molecular formula is C9H14O3S3. The van der Waals surface area contributed by atoms with Crippen LogP contribution in [0.2, 0.25) is 0 Å². The number of esters is 1. The van der Waals surface area contributed by atoms with Gasteiger partial charge in [0.25, 0.3) is 0 Å². The van der Waals surface area contributed by atoms with Crippen molar-refractivity contribution in [3.8, 4) is 0 Å². The van der Waals surface area contributed by atoms with E-state index >= 15 is 0 Å². The minimum atomic E-state index is -0.308. The SMILES string of the molecule is CCOC(=O)CSC(=O)C1(C)CSSC1. The van der Waals surface area contributed by atoms with Crippen molar-refractivity contribution >= 4 is 44.4 Å². The number of thioether (sulfide) groups is 1. The molecule has 0 radical (unpaired) electrons. The Balaban J connectivity index is 2.32. The number of carbonyl (C=O) groups excluding carboxylic acids is 2. The summed E-state index contributed by atoms with van der Waals surface area (Å²) >= 11 is 1.08. The van der Waals surface area contributed by atoms with Crippen molar-refractivity contribution in [2.75, 3.05) is 23.9 Å². The van der Waals surface area contributed by atoms with Gasteiger partial charge in [-0.1, -0.05) is 40.3 Å². The predicted molar refractivity (Wildman–Crippen MR) is 67.1 cm³/mol. The van der Waals surface area contributed by atoms with Gasteiger partial charge in [-0.2, -0.15) is 0 Å².